The summed E-state index contributed by atoms with van der Waals surface area (Å²) in [6, 6.07) is 9.92. The number of benzene rings is 1. The van der Waals surface area contributed by atoms with E-state index in [2.05, 4.69) is 15.6 Å². The van der Waals surface area contributed by atoms with Crippen molar-refractivity contribution in [3.8, 4) is 10.4 Å². The quantitative estimate of drug-likeness (QED) is 0.813. The van der Waals surface area contributed by atoms with E-state index in [0.29, 0.717) is 11.6 Å². The highest BCUT2D eigenvalue weighted by Gasteiger charge is 2.32. The lowest BCUT2D eigenvalue weighted by Gasteiger charge is -2.21. The summed E-state index contributed by atoms with van der Waals surface area (Å²) < 4.78 is 5.28. The zero-order chi connectivity index (χ0) is 19.4. The van der Waals surface area contributed by atoms with Crippen LogP contribution in [0, 0.1) is 5.92 Å². The van der Waals surface area contributed by atoms with Crippen molar-refractivity contribution in [2.24, 2.45) is 5.92 Å². The molecule has 3 rings (SSSR count). The Labute approximate surface area is 163 Å². The molecule has 2 atom stereocenters. The van der Waals surface area contributed by atoms with E-state index < -0.39 is 11.7 Å². The zero-order valence-electron chi connectivity index (χ0n) is 15.8. The summed E-state index contributed by atoms with van der Waals surface area (Å²) in [5.41, 5.74) is 0.554. The maximum Gasteiger partial charge on any atom is 0.407 e. The van der Waals surface area contributed by atoms with Gasteiger partial charge < -0.3 is 15.4 Å². The van der Waals surface area contributed by atoms with Gasteiger partial charge in [0.2, 0.25) is 5.91 Å². The molecule has 1 aromatic carbocycles. The van der Waals surface area contributed by atoms with Gasteiger partial charge in [-0.1, -0.05) is 41.7 Å². The molecule has 0 spiro atoms. The number of ether oxygens (including phenoxy) is 1. The maximum atomic E-state index is 12.5. The Bertz CT molecular complexity index is 798. The fourth-order valence-electron chi connectivity index (χ4n) is 3.10. The van der Waals surface area contributed by atoms with Crippen molar-refractivity contribution in [1.29, 1.82) is 0 Å². The molecule has 144 valence electrons. The molecule has 0 saturated heterocycles. The van der Waals surface area contributed by atoms with Crippen LogP contribution in [0.3, 0.4) is 0 Å². The lowest BCUT2D eigenvalue weighted by atomic mass is 10.1. The number of carbonyl (C=O) groups is 2. The molecule has 27 heavy (non-hydrogen) atoms. The number of rotatable bonds is 4. The van der Waals surface area contributed by atoms with Gasteiger partial charge in [-0.25, -0.2) is 9.78 Å². The van der Waals surface area contributed by atoms with E-state index >= 15 is 0 Å². The van der Waals surface area contributed by atoms with Gasteiger partial charge in [-0.2, -0.15) is 0 Å². The zero-order valence-corrected chi connectivity index (χ0v) is 16.6. The monoisotopic (exact) mass is 387 g/mol. The number of amides is 2. The van der Waals surface area contributed by atoms with Crippen LogP contribution in [0.1, 0.15) is 40.0 Å². The molecule has 2 N–H and O–H groups in total. The number of nitrogens with zero attached hydrogens (tertiary/aromatic N) is 1. The average Bonchev–Trinajstić information content (AvgIpc) is 3.23. The lowest BCUT2D eigenvalue weighted by Crippen LogP contribution is -2.38. The molecule has 1 aliphatic rings. The third kappa shape index (κ3) is 5.53. The van der Waals surface area contributed by atoms with E-state index in [4.69, 9.17) is 4.74 Å². The number of thiazole rings is 1. The summed E-state index contributed by atoms with van der Waals surface area (Å²) in [5, 5.41) is 6.37. The minimum atomic E-state index is -0.527. The molecule has 1 fully saturated rings. The van der Waals surface area contributed by atoms with E-state index in [-0.39, 0.29) is 17.9 Å². The summed E-state index contributed by atoms with van der Waals surface area (Å²) in [7, 11) is 0. The molecule has 0 aliphatic heterocycles. The maximum absolute atomic E-state index is 12.5. The molecule has 0 unspecified atom stereocenters. The Morgan fingerprint density at radius 2 is 1.93 bits per heavy atom. The molecule has 6 nitrogen and oxygen atoms in total. The van der Waals surface area contributed by atoms with Crippen molar-refractivity contribution in [2.75, 3.05) is 5.32 Å². The minimum absolute atomic E-state index is 0.0354. The van der Waals surface area contributed by atoms with Crippen LogP contribution < -0.4 is 10.6 Å². The normalized spacial score (nSPS) is 19.5. The standard InChI is InChI=1S/C20H25N3O3S/c1-20(2,3)26-19(25)22-15-10-9-14(11-15)17(24)23-18-21-12-16(27-18)13-7-5-4-6-8-13/h4-8,12,14-15H,9-11H2,1-3H3,(H,22,25)(H,21,23,24)/t14-,15+/m1/s1. The second-order valence-electron chi connectivity index (χ2n) is 7.74. The summed E-state index contributed by atoms with van der Waals surface area (Å²) in [6.45, 7) is 5.49. The van der Waals surface area contributed by atoms with Crippen LogP contribution in [0.25, 0.3) is 10.4 Å². The average molecular weight is 388 g/mol. The number of carbonyl (C=O) groups excluding carboxylic acids is 2. The van der Waals surface area contributed by atoms with Crippen LogP contribution in [0.4, 0.5) is 9.93 Å². The van der Waals surface area contributed by atoms with E-state index in [1.807, 2.05) is 51.1 Å². The lowest BCUT2D eigenvalue weighted by molar-refractivity contribution is -0.119. The molecule has 1 aromatic heterocycles. The first-order valence-electron chi connectivity index (χ1n) is 9.12. The Kier molecular flexibility index (Phi) is 5.79. The molecule has 1 aliphatic carbocycles. The van der Waals surface area contributed by atoms with Gasteiger partial charge in [0.15, 0.2) is 5.13 Å². The van der Waals surface area contributed by atoms with Crippen LogP contribution in [-0.2, 0) is 9.53 Å². The Morgan fingerprint density at radius 3 is 2.63 bits per heavy atom. The van der Waals surface area contributed by atoms with Gasteiger partial charge in [0, 0.05) is 18.2 Å². The molecular weight excluding hydrogens is 362 g/mol. The fraction of sp³-hybridized carbons (Fsp3) is 0.450. The van der Waals surface area contributed by atoms with E-state index in [9.17, 15) is 9.59 Å². The smallest absolute Gasteiger partial charge is 0.407 e. The third-order valence-electron chi connectivity index (χ3n) is 4.32. The molecule has 2 amide bonds. The summed E-state index contributed by atoms with van der Waals surface area (Å²) >= 11 is 1.46. The second kappa shape index (κ2) is 8.08. The van der Waals surface area contributed by atoms with E-state index in [1.165, 1.54) is 11.3 Å². The molecular formula is C20H25N3O3S. The van der Waals surface area contributed by atoms with Crippen LogP contribution >= 0.6 is 11.3 Å². The first-order chi connectivity index (χ1) is 12.8. The van der Waals surface area contributed by atoms with Crippen molar-refractivity contribution in [2.45, 2.75) is 51.7 Å². The Hall–Kier alpha value is -2.41. The fourth-order valence-corrected chi connectivity index (χ4v) is 3.92. The predicted octanol–water partition coefficient (Wildman–Crippen LogP) is 4.44. The van der Waals surface area contributed by atoms with Crippen molar-refractivity contribution in [1.82, 2.24) is 10.3 Å². The molecule has 7 heteroatoms. The summed E-state index contributed by atoms with van der Waals surface area (Å²) in [6.07, 6.45) is 3.47. The number of nitrogens with one attached hydrogen (secondary N) is 2. The van der Waals surface area contributed by atoms with Crippen molar-refractivity contribution >= 4 is 28.5 Å². The molecule has 0 radical (unpaired) electrons. The highest BCUT2D eigenvalue weighted by atomic mass is 32.1. The SMILES string of the molecule is CC(C)(C)OC(=O)N[C@H]1CC[C@@H](C(=O)Nc2ncc(-c3ccccc3)s2)C1. The van der Waals surface area contributed by atoms with Gasteiger partial charge in [0.05, 0.1) is 4.88 Å². The van der Waals surface area contributed by atoms with Gasteiger partial charge in [-0.3, -0.25) is 4.79 Å². The van der Waals surface area contributed by atoms with Gasteiger partial charge in [-0.05, 0) is 45.6 Å². The molecule has 2 aromatic rings. The predicted molar refractivity (Wildman–Crippen MR) is 107 cm³/mol. The largest absolute Gasteiger partial charge is 0.444 e. The Balaban J connectivity index is 1.51. The number of alkyl carbamates (subject to hydrolysis) is 1. The van der Waals surface area contributed by atoms with Crippen LogP contribution in [0.5, 0.6) is 0 Å². The number of hydrogen-bond donors (Lipinski definition) is 2. The first kappa shape index (κ1) is 19.4. The molecule has 0 bridgehead atoms. The van der Waals surface area contributed by atoms with Crippen molar-refractivity contribution < 1.29 is 14.3 Å². The van der Waals surface area contributed by atoms with E-state index in [0.717, 1.165) is 23.3 Å². The van der Waals surface area contributed by atoms with Crippen molar-refractivity contribution in [3.05, 3.63) is 36.5 Å². The summed E-state index contributed by atoms with van der Waals surface area (Å²) in [5.74, 6) is -0.175. The third-order valence-corrected chi connectivity index (χ3v) is 5.28. The number of aromatic nitrogens is 1. The summed E-state index contributed by atoms with van der Waals surface area (Å²) in [4.78, 5) is 29.7. The van der Waals surface area contributed by atoms with Gasteiger partial charge in [0.1, 0.15) is 5.60 Å². The van der Waals surface area contributed by atoms with Crippen LogP contribution in [0.2, 0.25) is 0 Å². The van der Waals surface area contributed by atoms with Gasteiger partial charge in [-0.15, -0.1) is 0 Å². The van der Waals surface area contributed by atoms with E-state index in [1.54, 1.807) is 6.20 Å². The number of hydrogen-bond acceptors (Lipinski definition) is 5. The Morgan fingerprint density at radius 1 is 1.19 bits per heavy atom. The number of anilines is 1. The van der Waals surface area contributed by atoms with Gasteiger partial charge >= 0.3 is 6.09 Å². The molecule has 1 saturated carbocycles. The van der Waals surface area contributed by atoms with Crippen LogP contribution in [0.15, 0.2) is 36.5 Å². The second-order valence-corrected chi connectivity index (χ2v) is 8.77. The minimum Gasteiger partial charge on any atom is -0.444 e. The van der Waals surface area contributed by atoms with Gasteiger partial charge in [0.25, 0.3) is 0 Å². The topological polar surface area (TPSA) is 80.3 Å². The van der Waals surface area contributed by atoms with Crippen LogP contribution in [-0.4, -0.2) is 28.6 Å². The molecule has 1 heterocycles. The first-order valence-corrected chi connectivity index (χ1v) is 9.93. The highest BCUT2D eigenvalue weighted by Crippen LogP contribution is 2.31. The highest BCUT2D eigenvalue weighted by molar-refractivity contribution is 7.19. The van der Waals surface area contributed by atoms with Crippen molar-refractivity contribution in [3.63, 3.8) is 0 Å².